The van der Waals surface area contributed by atoms with E-state index in [1.54, 1.807) is 52.0 Å². The standard InChI is InChI=1S/C27H38N6O7/c1-15(2)20(22(34)24-30-33(27(38)40-24)18-12-10-17(11-13-18)31(5)6)28-23(35)19-9-8-14-32(19)25(36)21(16(3)4)29-26(37)39-7/h10-13,15-16,19-21H,8-9,14H2,1-7H3,(H,28,35)(H,29,37)/t19-,20-,21-/m0/s1. The summed E-state index contributed by atoms with van der Waals surface area (Å²) in [6, 6.07) is 4.20. The molecule has 40 heavy (non-hydrogen) atoms. The number of carbonyl (C=O) groups excluding carboxylic acids is 4. The Labute approximate surface area is 232 Å². The van der Waals surface area contributed by atoms with Crippen LogP contribution in [0.2, 0.25) is 0 Å². The van der Waals surface area contributed by atoms with Gasteiger partial charge in [0.25, 0.3) is 5.89 Å². The number of ether oxygens (including phenoxy) is 1. The third kappa shape index (κ3) is 6.69. The van der Waals surface area contributed by atoms with E-state index in [1.165, 1.54) is 12.0 Å². The van der Waals surface area contributed by atoms with Gasteiger partial charge in [0.15, 0.2) is 0 Å². The number of amides is 3. The van der Waals surface area contributed by atoms with Crippen molar-refractivity contribution in [1.29, 1.82) is 0 Å². The smallest absolute Gasteiger partial charge is 0.442 e. The molecule has 1 aromatic carbocycles. The maximum atomic E-state index is 13.4. The molecule has 1 aliphatic heterocycles. The molecule has 0 saturated carbocycles. The van der Waals surface area contributed by atoms with Gasteiger partial charge < -0.3 is 29.6 Å². The highest BCUT2D eigenvalue weighted by Crippen LogP contribution is 2.22. The number of nitrogens with one attached hydrogen (secondary N) is 2. The van der Waals surface area contributed by atoms with E-state index >= 15 is 0 Å². The maximum Gasteiger partial charge on any atom is 0.442 e. The number of methoxy groups -OCH3 is 1. The number of rotatable bonds is 10. The third-order valence-electron chi connectivity index (χ3n) is 6.85. The predicted octanol–water partition coefficient (Wildman–Crippen LogP) is 1.59. The molecule has 3 amide bonds. The van der Waals surface area contributed by atoms with Crippen LogP contribution in [0.15, 0.2) is 33.5 Å². The van der Waals surface area contributed by atoms with Crippen molar-refractivity contribution in [1.82, 2.24) is 25.3 Å². The van der Waals surface area contributed by atoms with Gasteiger partial charge in [-0.2, -0.15) is 4.68 Å². The molecule has 13 heteroatoms. The molecule has 0 spiro atoms. The number of aromatic nitrogens is 2. The molecule has 3 atom stereocenters. The fourth-order valence-electron chi connectivity index (χ4n) is 4.53. The number of likely N-dealkylation sites (tertiary alicyclic amines) is 1. The normalized spacial score (nSPS) is 16.5. The Morgan fingerprint density at radius 3 is 2.20 bits per heavy atom. The lowest BCUT2D eigenvalue weighted by Gasteiger charge is -2.31. The molecule has 13 nitrogen and oxygen atoms in total. The Balaban J connectivity index is 1.78. The first-order chi connectivity index (χ1) is 18.8. The van der Waals surface area contributed by atoms with E-state index in [9.17, 15) is 24.0 Å². The van der Waals surface area contributed by atoms with E-state index in [0.29, 0.717) is 25.1 Å². The highest BCUT2D eigenvalue weighted by molar-refractivity contribution is 6.00. The largest absolute Gasteiger partial charge is 0.453 e. The van der Waals surface area contributed by atoms with Crippen molar-refractivity contribution < 1.29 is 28.3 Å². The van der Waals surface area contributed by atoms with Crippen LogP contribution in [-0.2, 0) is 14.3 Å². The summed E-state index contributed by atoms with van der Waals surface area (Å²) in [7, 11) is 4.98. The Hall–Kier alpha value is -4.16. The van der Waals surface area contributed by atoms with Gasteiger partial charge in [0.1, 0.15) is 12.1 Å². The van der Waals surface area contributed by atoms with Crippen LogP contribution >= 0.6 is 0 Å². The summed E-state index contributed by atoms with van der Waals surface area (Å²) in [4.78, 5) is 67.7. The minimum Gasteiger partial charge on any atom is -0.453 e. The molecular formula is C27H38N6O7. The minimum atomic E-state index is -1.05. The highest BCUT2D eigenvalue weighted by atomic mass is 16.5. The van der Waals surface area contributed by atoms with Gasteiger partial charge in [-0.15, -0.1) is 5.10 Å². The Bertz CT molecular complexity index is 1280. The van der Waals surface area contributed by atoms with Gasteiger partial charge in [-0.3, -0.25) is 14.4 Å². The Morgan fingerprint density at radius 1 is 1.02 bits per heavy atom. The van der Waals surface area contributed by atoms with Crippen LogP contribution in [-0.4, -0.2) is 84.2 Å². The number of alkyl carbamates (subject to hydrolysis) is 1. The molecular weight excluding hydrogens is 520 g/mol. The SMILES string of the molecule is COC(=O)N[C@H](C(=O)N1CCC[C@H]1C(=O)N[C@H](C(=O)c1nn(-c2ccc(N(C)C)cc2)c(=O)o1)C(C)C)C(C)C. The molecule has 1 fully saturated rings. The van der Waals surface area contributed by atoms with Crippen molar-refractivity contribution >= 4 is 29.4 Å². The number of hydrogen-bond donors (Lipinski definition) is 2. The van der Waals surface area contributed by atoms with Crippen molar-refractivity contribution in [2.45, 2.75) is 58.7 Å². The molecule has 218 valence electrons. The van der Waals surface area contributed by atoms with Gasteiger partial charge in [0, 0.05) is 26.3 Å². The Morgan fingerprint density at radius 2 is 1.65 bits per heavy atom. The van der Waals surface area contributed by atoms with E-state index in [2.05, 4.69) is 20.5 Å². The van der Waals surface area contributed by atoms with E-state index < -0.39 is 53.5 Å². The van der Waals surface area contributed by atoms with Gasteiger partial charge in [0.05, 0.1) is 18.8 Å². The molecule has 0 radical (unpaired) electrons. The van der Waals surface area contributed by atoms with Crippen LogP contribution in [0, 0.1) is 11.8 Å². The summed E-state index contributed by atoms with van der Waals surface area (Å²) in [6.45, 7) is 7.37. The van der Waals surface area contributed by atoms with Crippen molar-refractivity contribution in [2.75, 3.05) is 32.6 Å². The van der Waals surface area contributed by atoms with E-state index in [4.69, 9.17) is 4.42 Å². The first-order valence-electron chi connectivity index (χ1n) is 13.2. The van der Waals surface area contributed by atoms with Crippen molar-refractivity contribution in [3.05, 3.63) is 40.7 Å². The quantitative estimate of drug-likeness (QED) is 0.413. The first kappa shape index (κ1) is 30.4. The number of ketones is 1. The second-order valence-corrected chi connectivity index (χ2v) is 10.6. The molecule has 2 N–H and O–H groups in total. The monoisotopic (exact) mass is 558 g/mol. The third-order valence-corrected chi connectivity index (χ3v) is 6.85. The second-order valence-electron chi connectivity index (χ2n) is 10.6. The molecule has 2 aromatic rings. The fourth-order valence-corrected chi connectivity index (χ4v) is 4.53. The molecule has 1 aromatic heterocycles. The Kier molecular flexibility index (Phi) is 9.72. The zero-order valence-electron chi connectivity index (χ0n) is 24.0. The number of benzene rings is 1. The number of nitrogens with zero attached hydrogens (tertiary/aromatic N) is 4. The maximum absolute atomic E-state index is 13.4. The molecule has 0 bridgehead atoms. The van der Waals surface area contributed by atoms with Gasteiger partial charge in [-0.05, 0) is 48.9 Å². The summed E-state index contributed by atoms with van der Waals surface area (Å²) < 4.78 is 10.8. The predicted molar refractivity (Wildman–Crippen MR) is 146 cm³/mol. The lowest BCUT2D eigenvalue weighted by atomic mass is 9.98. The van der Waals surface area contributed by atoms with Crippen molar-refractivity contribution in [3.63, 3.8) is 0 Å². The van der Waals surface area contributed by atoms with E-state index in [0.717, 1.165) is 10.4 Å². The molecule has 0 aliphatic carbocycles. The van der Waals surface area contributed by atoms with Gasteiger partial charge in [-0.25, -0.2) is 9.59 Å². The average Bonchev–Trinajstić information content (AvgIpc) is 3.56. The van der Waals surface area contributed by atoms with Crippen LogP contribution in [0.1, 0.15) is 51.2 Å². The topological polar surface area (TPSA) is 156 Å². The lowest BCUT2D eigenvalue weighted by molar-refractivity contribution is -0.141. The first-order valence-corrected chi connectivity index (χ1v) is 13.2. The summed E-state index contributed by atoms with van der Waals surface area (Å²) in [6.07, 6.45) is 0.234. The van der Waals surface area contributed by atoms with Gasteiger partial charge >= 0.3 is 11.8 Å². The van der Waals surface area contributed by atoms with Crippen LogP contribution in [0.3, 0.4) is 0 Å². The highest BCUT2D eigenvalue weighted by Gasteiger charge is 2.40. The van der Waals surface area contributed by atoms with Gasteiger partial charge in [-0.1, -0.05) is 27.7 Å². The molecule has 0 unspecified atom stereocenters. The van der Waals surface area contributed by atoms with Crippen LogP contribution in [0.4, 0.5) is 10.5 Å². The fraction of sp³-hybridized carbons (Fsp3) is 0.556. The van der Waals surface area contributed by atoms with Crippen molar-refractivity contribution in [2.24, 2.45) is 11.8 Å². The molecule has 1 aliphatic rings. The summed E-state index contributed by atoms with van der Waals surface area (Å²) >= 11 is 0. The van der Waals surface area contributed by atoms with Crippen LogP contribution < -0.4 is 21.3 Å². The van der Waals surface area contributed by atoms with Crippen LogP contribution in [0.5, 0.6) is 0 Å². The zero-order valence-corrected chi connectivity index (χ0v) is 24.0. The molecule has 1 saturated heterocycles. The summed E-state index contributed by atoms with van der Waals surface area (Å²) in [5.41, 5.74) is 1.34. The van der Waals surface area contributed by atoms with E-state index in [1.807, 2.05) is 19.0 Å². The zero-order chi connectivity index (χ0) is 29.7. The summed E-state index contributed by atoms with van der Waals surface area (Å²) in [5, 5.41) is 9.37. The number of Topliss-reactive ketones (excluding diaryl/α,β-unsaturated/α-hetero) is 1. The molecule has 2 heterocycles. The van der Waals surface area contributed by atoms with Crippen LogP contribution in [0.25, 0.3) is 5.69 Å². The minimum absolute atomic E-state index is 0.252. The second kappa shape index (κ2) is 12.8. The van der Waals surface area contributed by atoms with E-state index in [-0.39, 0.29) is 11.8 Å². The number of hydrogen-bond acceptors (Lipinski definition) is 9. The lowest BCUT2D eigenvalue weighted by Crippen LogP contribution is -2.57. The number of anilines is 1. The number of carbonyl (C=O) groups is 4. The summed E-state index contributed by atoms with van der Waals surface area (Å²) in [5.74, 6) is -3.47. The van der Waals surface area contributed by atoms with Crippen molar-refractivity contribution in [3.8, 4) is 5.69 Å². The molecule has 3 rings (SSSR count). The average molecular weight is 559 g/mol. The van der Waals surface area contributed by atoms with Gasteiger partial charge in [0.2, 0.25) is 17.6 Å².